The van der Waals surface area contributed by atoms with E-state index in [2.05, 4.69) is 14.9 Å². The van der Waals surface area contributed by atoms with Crippen LogP contribution in [0.2, 0.25) is 0 Å². The van der Waals surface area contributed by atoms with Crippen molar-refractivity contribution in [3.63, 3.8) is 0 Å². The first-order chi connectivity index (χ1) is 22.0. The lowest BCUT2D eigenvalue weighted by Gasteiger charge is -2.16. The number of benzene rings is 1. The molecule has 2 N–H and O–H groups in total. The third-order valence-electron chi connectivity index (χ3n) is 6.83. The highest BCUT2D eigenvalue weighted by molar-refractivity contribution is 7.88. The van der Waals surface area contributed by atoms with E-state index in [1.165, 1.54) is 15.6 Å². The van der Waals surface area contributed by atoms with Crippen LogP contribution in [0.15, 0.2) is 54.9 Å². The Bertz CT molecular complexity index is 1870. The summed E-state index contributed by atoms with van der Waals surface area (Å²) >= 11 is 0. The molecule has 0 saturated carbocycles. The number of pyridine rings is 1. The van der Waals surface area contributed by atoms with Crippen molar-refractivity contribution in [2.45, 2.75) is 32.5 Å². The number of hydrogen-bond donors (Lipinski definition) is 2. The van der Waals surface area contributed by atoms with Crippen LogP contribution in [0.1, 0.15) is 25.5 Å². The highest BCUT2D eigenvalue weighted by Crippen LogP contribution is 2.49. The zero-order valence-corrected chi connectivity index (χ0v) is 25.6. The Labute approximate surface area is 263 Å². The molecule has 3 aromatic rings. The lowest BCUT2D eigenvalue weighted by atomic mass is 9.98. The fourth-order valence-corrected chi connectivity index (χ4v) is 5.54. The standard InChI is InChI=1S/C26H22F4N6O2.C3H9NO3S.H2/c1-34-14-17(24(33-34)38-26(29)30)18-16-9-5-10-35(13-15-7-3-2-4-8-15)23(16)31-20(18)19-21(22(27)28)32-36-11-6-12-37-25(19)36;1-8(6,7)4-2-3-5;/h2-5,7-10,14,22,26H,6,11-13H2,1H3;4-5H,2-3H2,1H3;1H. The van der Waals surface area contributed by atoms with E-state index in [0.717, 1.165) is 11.8 Å². The van der Waals surface area contributed by atoms with Gasteiger partial charge < -0.3 is 19.1 Å². The van der Waals surface area contributed by atoms with Crippen LogP contribution in [0, 0.1) is 0 Å². The maximum absolute atomic E-state index is 14.3. The fraction of sp³-hybridized carbons (Fsp3) is 0.345. The molecule has 17 heteroatoms. The van der Waals surface area contributed by atoms with E-state index >= 15 is 0 Å². The summed E-state index contributed by atoms with van der Waals surface area (Å²) in [6.45, 7) is -2.01. The third kappa shape index (κ3) is 7.32. The summed E-state index contributed by atoms with van der Waals surface area (Å²) in [5.41, 5.74) is 1.76. The predicted molar refractivity (Wildman–Crippen MR) is 162 cm³/mol. The zero-order chi connectivity index (χ0) is 33.0. The van der Waals surface area contributed by atoms with E-state index < -0.39 is 28.8 Å². The minimum Gasteiger partial charge on any atom is -0.477 e. The van der Waals surface area contributed by atoms with Crippen LogP contribution < -0.4 is 14.2 Å². The number of aryl methyl sites for hydroxylation is 2. The van der Waals surface area contributed by atoms with Crippen LogP contribution in [0.25, 0.3) is 33.8 Å². The Kier molecular flexibility index (Phi) is 9.93. The van der Waals surface area contributed by atoms with Gasteiger partial charge in [0.1, 0.15) is 11.5 Å². The Balaban J connectivity index is 0.000000496. The molecule has 46 heavy (non-hydrogen) atoms. The van der Waals surface area contributed by atoms with Crippen LogP contribution in [0.5, 0.6) is 11.8 Å². The number of hydrogen-bond acceptors (Lipinski definition) is 8. The molecular weight excluding hydrogens is 634 g/mol. The molecule has 0 bridgehead atoms. The van der Waals surface area contributed by atoms with Crippen molar-refractivity contribution in [2.24, 2.45) is 7.05 Å². The van der Waals surface area contributed by atoms with Crippen molar-refractivity contribution in [1.29, 1.82) is 0 Å². The Hall–Kier alpha value is -4.48. The van der Waals surface area contributed by atoms with Crippen LogP contribution in [0.4, 0.5) is 17.6 Å². The smallest absolute Gasteiger partial charge is 0.388 e. The van der Waals surface area contributed by atoms with Gasteiger partial charge in [-0.1, -0.05) is 30.3 Å². The largest absolute Gasteiger partial charge is 0.477 e. The molecule has 12 nitrogen and oxygen atoms in total. The first-order valence-corrected chi connectivity index (χ1v) is 15.9. The van der Waals surface area contributed by atoms with E-state index in [1.807, 2.05) is 41.1 Å². The number of aliphatic hydroxyl groups excluding tert-OH is 1. The number of rotatable bonds is 10. The van der Waals surface area contributed by atoms with Crippen LogP contribution >= 0.6 is 0 Å². The van der Waals surface area contributed by atoms with Crippen molar-refractivity contribution in [2.75, 3.05) is 26.0 Å². The highest BCUT2D eigenvalue weighted by atomic mass is 32.2. The third-order valence-corrected chi connectivity index (χ3v) is 7.56. The normalized spacial score (nSPS) is 13.1. The average Bonchev–Trinajstić information content (AvgIpc) is 3.69. The van der Waals surface area contributed by atoms with Gasteiger partial charge in [0.05, 0.1) is 36.3 Å². The fourth-order valence-electron chi connectivity index (χ4n) is 5.08. The van der Waals surface area contributed by atoms with Gasteiger partial charge in [-0.05, 0) is 17.7 Å². The molecule has 0 fully saturated rings. The van der Waals surface area contributed by atoms with Gasteiger partial charge in [0.15, 0.2) is 0 Å². The van der Waals surface area contributed by atoms with E-state index in [-0.39, 0.29) is 43.2 Å². The number of nitrogens with zero attached hydrogens (tertiary/aromatic N) is 6. The number of halogens is 4. The van der Waals surface area contributed by atoms with Crippen molar-refractivity contribution in [3.05, 3.63) is 66.1 Å². The lowest BCUT2D eigenvalue weighted by molar-refractivity contribution is -0.0527. The van der Waals surface area contributed by atoms with Crippen molar-refractivity contribution in [1.82, 2.24) is 33.8 Å². The molecule has 1 aromatic carbocycles. The van der Waals surface area contributed by atoms with Crippen molar-refractivity contribution >= 4 is 10.0 Å². The molecule has 6 rings (SSSR count). The van der Waals surface area contributed by atoms with Gasteiger partial charge in [-0.15, -0.1) is 5.10 Å². The number of ether oxygens (including phenoxy) is 2. The topological polar surface area (TPSA) is 138 Å². The summed E-state index contributed by atoms with van der Waals surface area (Å²) in [4.78, 5) is 4.82. The minimum absolute atomic E-state index is 0. The van der Waals surface area contributed by atoms with Crippen LogP contribution in [0.3, 0.4) is 0 Å². The van der Waals surface area contributed by atoms with Crippen LogP contribution in [-0.4, -0.2) is 75.3 Å². The Morgan fingerprint density at radius 1 is 1.09 bits per heavy atom. The Morgan fingerprint density at radius 3 is 2.50 bits per heavy atom. The maximum atomic E-state index is 14.3. The second-order valence-corrected chi connectivity index (χ2v) is 12.1. The summed E-state index contributed by atoms with van der Waals surface area (Å²) in [6, 6.07) is 13.2. The van der Waals surface area contributed by atoms with E-state index in [4.69, 9.17) is 19.6 Å². The molecule has 0 radical (unpaired) electrons. The van der Waals surface area contributed by atoms with Gasteiger partial charge >= 0.3 is 6.61 Å². The monoisotopic (exact) mass is 667 g/mol. The molecule has 0 aliphatic carbocycles. The Morgan fingerprint density at radius 2 is 1.85 bits per heavy atom. The molecule has 0 atom stereocenters. The maximum Gasteiger partial charge on any atom is 0.388 e. The summed E-state index contributed by atoms with van der Waals surface area (Å²) in [6.07, 6.45) is 2.08. The summed E-state index contributed by atoms with van der Waals surface area (Å²) < 4.78 is 92.8. The number of aliphatic hydroxyl groups is 1. The second-order valence-electron chi connectivity index (χ2n) is 10.3. The molecular formula is C29H33F4N7O5S. The van der Waals surface area contributed by atoms with Gasteiger partial charge in [-0.2, -0.15) is 13.9 Å². The number of fused-ring (bicyclic) bond motifs is 2. The minimum atomic E-state index is -3.13. The lowest BCUT2D eigenvalue weighted by Crippen LogP contribution is -2.24. The first kappa shape index (κ1) is 32.9. The zero-order valence-electron chi connectivity index (χ0n) is 24.8. The van der Waals surface area contributed by atoms with Crippen molar-refractivity contribution < 1.29 is 42.0 Å². The molecule has 2 aromatic heterocycles. The number of nitrogens with one attached hydrogen (secondary N) is 1. The molecule has 248 valence electrons. The molecule has 3 aliphatic heterocycles. The molecule has 0 unspecified atom stereocenters. The predicted octanol–water partition coefficient (Wildman–Crippen LogP) is 4.40. The number of alkyl halides is 4. The van der Waals surface area contributed by atoms with Gasteiger partial charge in [0, 0.05) is 58.0 Å². The average molecular weight is 668 g/mol. The van der Waals surface area contributed by atoms with E-state index in [0.29, 0.717) is 43.1 Å². The number of aromatic nitrogens is 6. The molecule has 0 amide bonds. The summed E-state index contributed by atoms with van der Waals surface area (Å²) in [5, 5.41) is 16.3. The summed E-state index contributed by atoms with van der Waals surface area (Å²) in [5.74, 6) is 0.312. The van der Waals surface area contributed by atoms with Crippen molar-refractivity contribution in [3.8, 4) is 45.5 Å². The van der Waals surface area contributed by atoms with Crippen LogP contribution in [-0.2, 0) is 30.2 Å². The highest BCUT2D eigenvalue weighted by Gasteiger charge is 2.35. The SMILES string of the molecule is CS(=O)(=O)NCCO.Cn1cc(-c2c3cccn(Cc4ccccc4)c-3nc2-c2c(C(F)F)nn3c2OCCC3)c(OC(F)F)n1.[HH]. The second kappa shape index (κ2) is 13.9. The van der Waals surface area contributed by atoms with E-state index in [1.54, 1.807) is 19.2 Å². The van der Waals surface area contributed by atoms with E-state index in [9.17, 15) is 26.0 Å². The molecule has 0 saturated heterocycles. The van der Waals surface area contributed by atoms with Gasteiger partial charge in [0.25, 0.3) is 6.43 Å². The van der Waals surface area contributed by atoms with Gasteiger partial charge in [0.2, 0.25) is 21.8 Å². The molecule has 3 aliphatic rings. The quantitative estimate of drug-likeness (QED) is 0.209. The summed E-state index contributed by atoms with van der Waals surface area (Å²) in [7, 11) is -1.54. The van der Waals surface area contributed by atoms with Gasteiger partial charge in [-0.25, -0.2) is 31.6 Å². The van der Waals surface area contributed by atoms with Gasteiger partial charge in [-0.3, -0.25) is 4.68 Å². The first-order valence-electron chi connectivity index (χ1n) is 14.1. The molecule has 5 heterocycles. The number of sulfonamides is 1. The molecule has 0 spiro atoms.